The van der Waals surface area contributed by atoms with E-state index in [0.717, 1.165) is 38.5 Å². The average Bonchev–Trinajstić information content (AvgIpc) is 3.08. The Bertz CT molecular complexity index is 1160. The minimum absolute atomic E-state index is 0.000748. The quantitative estimate of drug-likeness (QED) is 0.633. The zero-order chi connectivity index (χ0) is 24.3. The van der Waals surface area contributed by atoms with Gasteiger partial charge in [0.25, 0.3) is 5.91 Å². The van der Waals surface area contributed by atoms with E-state index in [2.05, 4.69) is 30.9 Å². The minimum Gasteiger partial charge on any atom is -0.377 e. The summed E-state index contributed by atoms with van der Waals surface area (Å²) in [6, 6.07) is 8.06. The maximum Gasteiger partial charge on any atom is 0.253 e. The SMILES string of the molecule is CC#C[C@]1(O)CC[C@H]2[C@@H]3CCC4=CC(=O)CCC4=C3[C@@H](c3ccc(C(=O)N(C)C)cc3)C[C@@]21C. The summed E-state index contributed by atoms with van der Waals surface area (Å²) >= 11 is 0. The highest BCUT2D eigenvalue weighted by Crippen LogP contribution is 2.66. The Balaban J connectivity index is 1.64. The van der Waals surface area contributed by atoms with Crippen molar-refractivity contribution in [2.24, 2.45) is 17.3 Å². The molecule has 2 saturated carbocycles. The number of carbonyl (C=O) groups is 2. The van der Waals surface area contributed by atoms with E-state index in [1.54, 1.807) is 19.0 Å². The zero-order valence-electron chi connectivity index (χ0n) is 20.8. The molecule has 4 nitrogen and oxygen atoms in total. The summed E-state index contributed by atoms with van der Waals surface area (Å²) < 4.78 is 0. The standard InChI is InChI=1S/C30H35NO3/c1-5-15-30(34)16-14-26-24-12-10-21-17-22(32)11-13-23(21)27(24)25(18-29(26,30)2)19-6-8-20(9-7-19)28(33)31(3)4/h6-9,17,24-26,34H,10-14,16,18H2,1-4H3/t24-,25+,26-,29-,30-/m0/s1. The first kappa shape index (κ1) is 23.1. The second-order valence-electron chi connectivity index (χ2n) is 11.1. The molecule has 0 spiro atoms. The molecule has 0 unspecified atom stereocenters. The van der Waals surface area contributed by atoms with Crippen LogP contribution in [0, 0.1) is 29.1 Å². The molecule has 0 radical (unpaired) electrons. The Morgan fingerprint density at radius 2 is 1.85 bits per heavy atom. The number of amides is 1. The van der Waals surface area contributed by atoms with E-state index in [1.807, 2.05) is 25.1 Å². The van der Waals surface area contributed by atoms with E-state index < -0.39 is 5.60 Å². The number of hydrogen-bond donors (Lipinski definition) is 1. The smallest absolute Gasteiger partial charge is 0.253 e. The Morgan fingerprint density at radius 3 is 2.53 bits per heavy atom. The van der Waals surface area contributed by atoms with Crippen LogP contribution in [0.25, 0.3) is 0 Å². The minimum atomic E-state index is -0.972. The molecule has 4 heteroatoms. The molecule has 1 N–H and O–H groups in total. The molecule has 0 saturated heterocycles. The highest BCUT2D eigenvalue weighted by atomic mass is 16.3. The van der Waals surface area contributed by atoms with Crippen LogP contribution in [0.1, 0.15) is 80.6 Å². The number of hydrogen-bond acceptors (Lipinski definition) is 3. The number of rotatable bonds is 2. The number of carbonyl (C=O) groups excluding carboxylic acids is 2. The fraction of sp³-hybridized carbons (Fsp3) is 0.533. The Hall–Kier alpha value is -2.64. The van der Waals surface area contributed by atoms with Crippen molar-refractivity contribution in [3.8, 4) is 11.8 Å². The molecule has 5 rings (SSSR count). The predicted octanol–water partition coefficient (Wildman–Crippen LogP) is 5.04. The van der Waals surface area contributed by atoms with Crippen LogP contribution in [-0.2, 0) is 4.79 Å². The lowest BCUT2D eigenvalue weighted by atomic mass is 9.51. The summed E-state index contributed by atoms with van der Waals surface area (Å²) in [5.74, 6) is 7.42. The normalized spacial score (nSPS) is 34.3. The van der Waals surface area contributed by atoms with Gasteiger partial charge in [0.2, 0.25) is 0 Å². The molecule has 1 aromatic rings. The van der Waals surface area contributed by atoms with Crippen LogP contribution in [0.3, 0.4) is 0 Å². The van der Waals surface area contributed by atoms with E-state index in [-0.39, 0.29) is 23.0 Å². The van der Waals surface area contributed by atoms with Crippen molar-refractivity contribution in [1.29, 1.82) is 0 Å². The predicted molar refractivity (Wildman–Crippen MR) is 133 cm³/mol. The molecule has 0 aliphatic heterocycles. The molecule has 0 bridgehead atoms. The Kier molecular flexibility index (Phi) is 5.60. The molecule has 2 fully saturated rings. The Labute approximate surface area is 203 Å². The van der Waals surface area contributed by atoms with E-state index >= 15 is 0 Å². The third kappa shape index (κ3) is 3.40. The maximum absolute atomic E-state index is 12.5. The molecular formula is C30H35NO3. The van der Waals surface area contributed by atoms with Crippen molar-refractivity contribution in [2.75, 3.05) is 14.1 Å². The van der Waals surface area contributed by atoms with Crippen LogP contribution in [0.2, 0.25) is 0 Å². The van der Waals surface area contributed by atoms with Crippen LogP contribution in [0.15, 0.2) is 47.1 Å². The molecule has 1 amide bonds. The van der Waals surface area contributed by atoms with Crippen LogP contribution in [0.4, 0.5) is 0 Å². The Morgan fingerprint density at radius 1 is 1.12 bits per heavy atom. The molecular weight excluding hydrogens is 422 g/mol. The van der Waals surface area contributed by atoms with Crippen molar-refractivity contribution in [2.45, 2.75) is 70.3 Å². The van der Waals surface area contributed by atoms with Gasteiger partial charge in [-0.1, -0.05) is 30.6 Å². The third-order valence-electron chi connectivity index (χ3n) is 9.18. The molecule has 4 aliphatic rings. The fourth-order valence-electron chi connectivity index (χ4n) is 7.49. The largest absolute Gasteiger partial charge is 0.377 e. The van der Waals surface area contributed by atoms with E-state index in [9.17, 15) is 14.7 Å². The fourth-order valence-corrected chi connectivity index (χ4v) is 7.49. The van der Waals surface area contributed by atoms with Crippen molar-refractivity contribution in [1.82, 2.24) is 4.90 Å². The maximum atomic E-state index is 12.5. The molecule has 0 heterocycles. The van der Waals surface area contributed by atoms with Gasteiger partial charge in [-0.2, -0.15) is 0 Å². The highest BCUT2D eigenvalue weighted by Gasteiger charge is 2.62. The monoisotopic (exact) mass is 457 g/mol. The topological polar surface area (TPSA) is 57.6 Å². The molecule has 5 atom stereocenters. The van der Waals surface area contributed by atoms with E-state index in [4.69, 9.17) is 0 Å². The van der Waals surface area contributed by atoms with Gasteiger partial charge in [0, 0.05) is 37.4 Å². The number of ketones is 1. The zero-order valence-corrected chi connectivity index (χ0v) is 20.8. The molecule has 178 valence electrons. The summed E-state index contributed by atoms with van der Waals surface area (Å²) in [7, 11) is 3.54. The van der Waals surface area contributed by atoms with Gasteiger partial charge < -0.3 is 10.0 Å². The summed E-state index contributed by atoms with van der Waals surface area (Å²) in [5, 5.41) is 11.7. The number of fused-ring (bicyclic) bond motifs is 4. The van der Waals surface area contributed by atoms with E-state index in [0.29, 0.717) is 23.8 Å². The number of nitrogens with zero attached hydrogens (tertiary/aromatic N) is 1. The number of allylic oxidation sites excluding steroid dienone is 4. The van der Waals surface area contributed by atoms with Gasteiger partial charge in [0.05, 0.1) is 0 Å². The first-order valence-electron chi connectivity index (χ1n) is 12.6. The highest BCUT2D eigenvalue weighted by molar-refractivity contribution is 5.94. The number of aliphatic hydroxyl groups is 1. The van der Waals surface area contributed by atoms with Crippen molar-refractivity contribution < 1.29 is 14.7 Å². The van der Waals surface area contributed by atoms with Gasteiger partial charge >= 0.3 is 0 Å². The molecule has 0 aromatic heterocycles. The van der Waals surface area contributed by atoms with Gasteiger partial charge in [-0.15, -0.1) is 5.92 Å². The molecule has 1 aromatic carbocycles. The molecule has 34 heavy (non-hydrogen) atoms. The van der Waals surface area contributed by atoms with Crippen LogP contribution in [-0.4, -0.2) is 41.4 Å². The van der Waals surface area contributed by atoms with Gasteiger partial charge in [-0.25, -0.2) is 0 Å². The van der Waals surface area contributed by atoms with Gasteiger partial charge in [0.15, 0.2) is 5.78 Å². The lowest BCUT2D eigenvalue weighted by molar-refractivity contribution is -0.114. The second-order valence-corrected chi connectivity index (χ2v) is 11.1. The van der Waals surface area contributed by atoms with Crippen LogP contribution >= 0.6 is 0 Å². The van der Waals surface area contributed by atoms with Crippen molar-refractivity contribution in [3.63, 3.8) is 0 Å². The van der Waals surface area contributed by atoms with Crippen molar-refractivity contribution in [3.05, 3.63) is 58.2 Å². The van der Waals surface area contributed by atoms with Gasteiger partial charge in [0.1, 0.15) is 5.60 Å². The van der Waals surface area contributed by atoms with E-state index in [1.165, 1.54) is 22.3 Å². The summed E-state index contributed by atoms with van der Waals surface area (Å²) in [6.45, 7) is 4.07. The summed E-state index contributed by atoms with van der Waals surface area (Å²) in [5.41, 5.74) is 4.74. The summed E-state index contributed by atoms with van der Waals surface area (Å²) in [6.07, 6.45) is 7.82. The first-order chi connectivity index (χ1) is 16.2. The van der Waals surface area contributed by atoms with Crippen LogP contribution in [0.5, 0.6) is 0 Å². The third-order valence-corrected chi connectivity index (χ3v) is 9.18. The van der Waals surface area contributed by atoms with Crippen LogP contribution < -0.4 is 0 Å². The van der Waals surface area contributed by atoms with Gasteiger partial charge in [-0.3, -0.25) is 9.59 Å². The molecule has 4 aliphatic carbocycles. The second kappa shape index (κ2) is 8.24. The average molecular weight is 458 g/mol. The lowest BCUT2D eigenvalue weighted by Gasteiger charge is -2.53. The number of benzene rings is 1. The van der Waals surface area contributed by atoms with Gasteiger partial charge in [-0.05, 0) is 92.2 Å². The lowest BCUT2D eigenvalue weighted by Crippen LogP contribution is -2.51. The first-order valence-corrected chi connectivity index (χ1v) is 12.6. The van der Waals surface area contributed by atoms with Crippen molar-refractivity contribution >= 4 is 11.7 Å². The summed E-state index contributed by atoms with van der Waals surface area (Å²) in [4.78, 5) is 26.3.